The van der Waals surface area contributed by atoms with Crippen molar-refractivity contribution in [3.05, 3.63) is 33.8 Å². The first-order valence-corrected chi connectivity index (χ1v) is 6.13. The van der Waals surface area contributed by atoms with Gasteiger partial charge in [0.2, 0.25) is 0 Å². The van der Waals surface area contributed by atoms with Crippen LogP contribution in [-0.2, 0) is 13.6 Å². The fraction of sp³-hybridized carbons (Fsp3) is 0.364. The van der Waals surface area contributed by atoms with Gasteiger partial charge in [-0.2, -0.15) is 0 Å². The zero-order valence-corrected chi connectivity index (χ0v) is 10.8. The molecule has 0 fully saturated rings. The van der Waals surface area contributed by atoms with Gasteiger partial charge in [0, 0.05) is 18.1 Å². The van der Waals surface area contributed by atoms with Crippen molar-refractivity contribution < 1.29 is 4.79 Å². The third-order valence-corrected chi connectivity index (χ3v) is 3.37. The van der Waals surface area contributed by atoms with Gasteiger partial charge in [0.05, 0.1) is 18.6 Å². The number of carbonyl (C=O) groups is 1. The van der Waals surface area contributed by atoms with E-state index in [1.165, 1.54) is 0 Å². The molecule has 1 amide bonds. The van der Waals surface area contributed by atoms with Crippen LogP contribution in [0.4, 0.5) is 0 Å². The minimum atomic E-state index is -0.115. The minimum Gasteiger partial charge on any atom is -0.344 e. The highest BCUT2D eigenvalue weighted by Crippen LogP contribution is 2.09. The molecule has 1 N–H and O–H groups in total. The molecule has 0 unspecified atom stereocenters. The Morgan fingerprint density at radius 2 is 2.29 bits per heavy atom. The van der Waals surface area contributed by atoms with E-state index in [0.29, 0.717) is 12.2 Å². The Balaban J connectivity index is 2.03. The van der Waals surface area contributed by atoms with Crippen LogP contribution in [0.2, 0.25) is 0 Å². The molecular weight excluding hydrogens is 236 g/mol. The summed E-state index contributed by atoms with van der Waals surface area (Å²) in [7, 11) is 1.81. The first-order chi connectivity index (χ1) is 8.08. The average molecular weight is 250 g/mol. The van der Waals surface area contributed by atoms with Crippen LogP contribution in [0.1, 0.15) is 26.9 Å². The third-order valence-electron chi connectivity index (χ3n) is 2.40. The topological polar surface area (TPSA) is 59.8 Å². The van der Waals surface area contributed by atoms with Crippen LogP contribution in [-0.4, -0.2) is 20.4 Å². The lowest BCUT2D eigenvalue weighted by molar-refractivity contribution is 0.0942. The number of thiazole rings is 1. The molecule has 2 rings (SSSR count). The zero-order valence-electron chi connectivity index (χ0n) is 10.0. The number of nitrogens with one attached hydrogen (secondary N) is 1. The fourth-order valence-electron chi connectivity index (χ4n) is 1.60. The molecule has 5 nitrogen and oxygen atoms in total. The zero-order chi connectivity index (χ0) is 12.4. The monoisotopic (exact) mass is 250 g/mol. The van der Waals surface area contributed by atoms with Crippen molar-refractivity contribution in [1.82, 2.24) is 19.9 Å². The predicted molar refractivity (Wildman–Crippen MR) is 66.0 cm³/mol. The van der Waals surface area contributed by atoms with Gasteiger partial charge in [0.1, 0.15) is 10.7 Å². The van der Waals surface area contributed by atoms with Crippen LogP contribution in [0.25, 0.3) is 0 Å². The average Bonchev–Trinajstić information content (AvgIpc) is 2.83. The van der Waals surface area contributed by atoms with Crippen LogP contribution in [0.15, 0.2) is 11.7 Å². The Morgan fingerprint density at radius 1 is 1.53 bits per heavy atom. The summed E-state index contributed by atoms with van der Waals surface area (Å²) in [6, 6.07) is 0. The van der Waals surface area contributed by atoms with Crippen LogP contribution >= 0.6 is 11.3 Å². The maximum atomic E-state index is 11.9. The molecule has 90 valence electrons. The van der Waals surface area contributed by atoms with Gasteiger partial charge >= 0.3 is 0 Å². The molecule has 0 atom stereocenters. The van der Waals surface area contributed by atoms with Gasteiger partial charge in [0.15, 0.2) is 0 Å². The highest BCUT2D eigenvalue weighted by Gasteiger charge is 2.13. The quantitative estimate of drug-likeness (QED) is 0.896. The normalized spacial score (nSPS) is 10.5. The lowest BCUT2D eigenvalue weighted by Crippen LogP contribution is -2.25. The number of hydrogen-bond donors (Lipinski definition) is 1. The summed E-state index contributed by atoms with van der Waals surface area (Å²) in [6.07, 6.45) is 1.64. The summed E-state index contributed by atoms with van der Waals surface area (Å²) in [5, 5.41) is 5.73. The van der Waals surface area contributed by atoms with Crippen molar-refractivity contribution in [2.24, 2.45) is 7.05 Å². The van der Waals surface area contributed by atoms with E-state index in [9.17, 15) is 4.79 Å². The van der Waals surface area contributed by atoms with Crippen molar-refractivity contribution in [2.75, 3.05) is 0 Å². The summed E-state index contributed by atoms with van der Waals surface area (Å²) in [5.41, 5.74) is 2.31. The molecule has 2 aromatic rings. The lowest BCUT2D eigenvalue weighted by atomic mass is 10.3. The number of amides is 1. The van der Waals surface area contributed by atoms with Crippen LogP contribution in [0.3, 0.4) is 0 Å². The minimum absolute atomic E-state index is 0.115. The number of imidazole rings is 1. The number of aryl methyl sites for hydroxylation is 3. The van der Waals surface area contributed by atoms with E-state index in [1.54, 1.807) is 22.2 Å². The first-order valence-electron chi connectivity index (χ1n) is 5.25. The molecule has 0 aromatic carbocycles. The maximum Gasteiger partial charge on any atom is 0.270 e. The molecule has 6 heteroatoms. The number of hydrogen-bond acceptors (Lipinski definition) is 4. The molecule has 0 aliphatic rings. The second kappa shape index (κ2) is 4.67. The Hall–Kier alpha value is -1.69. The van der Waals surface area contributed by atoms with Gasteiger partial charge in [-0.25, -0.2) is 9.97 Å². The van der Waals surface area contributed by atoms with Crippen molar-refractivity contribution in [2.45, 2.75) is 20.4 Å². The Labute approximate surface area is 104 Å². The second-order valence-electron chi connectivity index (χ2n) is 3.85. The summed E-state index contributed by atoms with van der Waals surface area (Å²) < 4.78 is 1.72. The summed E-state index contributed by atoms with van der Waals surface area (Å²) in [4.78, 5) is 20.3. The number of aromatic nitrogens is 3. The Kier molecular flexibility index (Phi) is 3.23. The van der Waals surface area contributed by atoms with Gasteiger partial charge in [0.25, 0.3) is 5.91 Å². The van der Waals surface area contributed by atoms with Gasteiger partial charge in [-0.15, -0.1) is 11.3 Å². The molecule has 0 saturated carbocycles. The van der Waals surface area contributed by atoms with Gasteiger partial charge in [-0.3, -0.25) is 4.79 Å². The van der Waals surface area contributed by atoms with Crippen molar-refractivity contribution >= 4 is 17.2 Å². The largest absolute Gasteiger partial charge is 0.344 e. The summed E-state index contributed by atoms with van der Waals surface area (Å²) >= 11 is 1.55. The molecule has 0 aliphatic carbocycles. The summed E-state index contributed by atoms with van der Waals surface area (Å²) in [5.74, 6) is -0.115. The summed E-state index contributed by atoms with van der Waals surface area (Å²) in [6.45, 7) is 4.22. The van der Waals surface area contributed by atoms with E-state index < -0.39 is 0 Å². The van der Waals surface area contributed by atoms with E-state index in [0.717, 1.165) is 16.4 Å². The van der Waals surface area contributed by atoms with Crippen molar-refractivity contribution in [3.8, 4) is 0 Å². The van der Waals surface area contributed by atoms with Gasteiger partial charge < -0.3 is 9.88 Å². The maximum absolute atomic E-state index is 11.9. The number of carbonyl (C=O) groups excluding carboxylic acids is 1. The molecule has 0 spiro atoms. The molecule has 0 aliphatic heterocycles. The highest BCUT2D eigenvalue weighted by molar-refractivity contribution is 7.09. The van der Waals surface area contributed by atoms with Gasteiger partial charge in [-0.1, -0.05) is 0 Å². The van der Waals surface area contributed by atoms with E-state index >= 15 is 0 Å². The Bertz CT molecular complexity index is 524. The second-order valence-corrected chi connectivity index (χ2v) is 4.80. The number of rotatable bonds is 3. The van der Waals surface area contributed by atoms with E-state index in [-0.39, 0.29) is 5.91 Å². The standard InChI is InChI=1S/C11H14N4OS/c1-7-5-17-9(14-7)4-12-11(16)10-8(2)13-6-15(10)3/h5-6H,4H2,1-3H3,(H,12,16). The van der Waals surface area contributed by atoms with Crippen molar-refractivity contribution in [3.63, 3.8) is 0 Å². The first kappa shape index (κ1) is 11.8. The third kappa shape index (κ3) is 2.52. The van der Waals surface area contributed by atoms with Crippen LogP contribution in [0, 0.1) is 13.8 Å². The SMILES string of the molecule is Cc1csc(CNC(=O)c2c(C)ncn2C)n1. The Morgan fingerprint density at radius 3 is 2.82 bits per heavy atom. The highest BCUT2D eigenvalue weighted by atomic mass is 32.1. The lowest BCUT2D eigenvalue weighted by Gasteiger charge is -2.04. The predicted octanol–water partition coefficient (Wildman–Crippen LogP) is 1.42. The smallest absolute Gasteiger partial charge is 0.270 e. The van der Waals surface area contributed by atoms with E-state index in [4.69, 9.17) is 0 Å². The molecule has 17 heavy (non-hydrogen) atoms. The fourth-order valence-corrected chi connectivity index (χ4v) is 2.31. The van der Waals surface area contributed by atoms with Crippen molar-refractivity contribution in [1.29, 1.82) is 0 Å². The van der Waals surface area contributed by atoms with E-state index in [2.05, 4.69) is 15.3 Å². The van der Waals surface area contributed by atoms with Gasteiger partial charge in [-0.05, 0) is 13.8 Å². The molecule has 2 aromatic heterocycles. The number of nitrogens with zero attached hydrogens (tertiary/aromatic N) is 3. The molecule has 0 radical (unpaired) electrons. The van der Waals surface area contributed by atoms with Crippen LogP contribution < -0.4 is 5.32 Å². The van der Waals surface area contributed by atoms with E-state index in [1.807, 2.05) is 26.3 Å². The molecule has 0 saturated heterocycles. The molecular formula is C11H14N4OS. The van der Waals surface area contributed by atoms with Crippen LogP contribution in [0.5, 0.6) is 0 Å². The molecule has 2 heterocycles. The molecule has 0 bridgehead atoms.